The highest BCUT2D eigenvalue weighted by Crippen LogP contribution is 2.21. The SMILES string of the molecule is c1ccc(CSc2cncc(NCc3nnc4n3CCCCC4)n2)cc1. The van der Waals surface area contributed by atoms with Crippen LogP contribution in [0.2, 0.25) is 0 Å². The van der Waals surface area contributed by atoms with E-state index in [1.165, 1.54) is 24.8 Å². The summed E-state index contributed by atoms with van der Waals surface area (Å²) in [5, 5.41) is 13.0. The van der Waals surface area contributed by atoms with Crippen molar-refractivity contribution in [3.8, 4) is 0 Å². The summed E-state index contributed by atoms with van der Waals surface area (Å²) in [5.74, 6) is 3.74. The molecular formula is C19H22N6S. The molecule has 3 aromatic rings. The molecule has 3 heterocycles. The van der Waals surface area contributed by atoms with Crippen LogP contribution in [0.15, 0.2) is 47.8 Å². The Morgan fingerprint density at radius 1 is 1.04 bits per heavy atom. The smallest absolute Gasteiger partial charge is 0.152 e. The molecule has 6 nitrogen and oxygen atoms in total. The van der Waals surface area contributed by atoms with E-state index in [9.17, 15) is 0 Å². The van der Waals surface area contributed by atoms with E-state index in [0.29, 0.717) is 6.54 Å². The van der Waals surface area contributed by atoms with Crippen LogP contribution in [0.4, 0.5) is 5.82 Å². The van der Waals surface area contributed by atoms with Gasteiger partial charge in [0, 0.05) is 18.7 Å². The fraction of sp³-hybridized carbons (Fsp3) is 0.368. The molecule has 1 aromatic carbocycles. The van der Waals surface area contributed by atoms with Gasteiger partial charge in [-0.05, 0) is 18.4 Å². The summed E-state index contributed by atoms with van der Waals surface area (Å²) in [7, 11) is 0. The molecule has 0 saturated heterocycles. The maximum atomic E-state index is 4.65. The first-order valence-corrected chi connectivity index (χ1v) is 10.0. The molecule has 4 rings (SSSR count). The third-order valence-corrected chi connectivity index (χ3v) is 5.43. The topological polar surface area (TPSA) is 68.5 Å². The molecule has 134 valence electrons. The van der Waals surface area contributed by atoms with Crippen molar-refractivity contribution in [3.63, 3.8) is 0 Å². The molecule has 1 N–H and O–H groups in total. The van der Waals surface area contributed by atoms with Crippen LogP contribution < -0.4 is 5.32 Å². The Morgan fingerprint density at radius 3 is 2.88 bits per heavy atom. The molecule has 0 bridgehead atoms. The van der Waals surface area contributed by atoms with Gasteiger partial charge in [-0.25, -0.2) is 4.98 Å². The molecule has 7 heteroatoms. The average Bonchev–Trinajstić information content (AvgIpc) is 2.92. The summed E-state index contributed by atoms with van der Waals surface area (Å²) in [6.07, 6.45) is 8.26. The van der Waals surface area contributed by atoms with E-state index in [1.807, 2.05) is 12.3 Å². The van der Waals surface area contributed by atoms with E-state index in [4.69, 9.17) is 0 Å². The zero-order valence-corrected chi connectivity index (χ0v) is 15.5. The number of hydrogen-bond donors (Lipinski definition) is 1. The predicted molar refractivity (Wildman–Crippen MR) is 103 cm³/mol. The van der Waals surface area contributed by atoms with Crippen LogP contribution in [0, 0.1) is 0 Å². The standard InChI is InChI=1S/C19H22N6S/c1-3-7-15(8-4-1)14-26-19-13-20-11-16(22-19)21-12-18-24-23-17-9-5-2-6-10-25(17)18/h1,3-4,7-8,11,13H,2,5-6,9-10,12,14H2,(H,21,22). The van der Waals surface area contributed by atoms with E-state index >= 15 is 0 Å². The molecule has 0 aliphatic carbocycles. The number of nitrogens with one attached hydrogen (secondary N) is 1. The lowest BCUT2D eigenvalue weighted by molar-refractivity contribution is 0.609. The zero-order chi connectivity index (χ0) is 17.6. The lowest BCUT2D eigenvalue weighted by atomic mass is 10.2. The van der Waals surface area contributed by atoms with Gasteiger partial charge in [-0.1, -0.05) is 36.8 Å². The van der Waals surface area contributed by atoms with Crippen molar-refractivity contribution in [1.82, 2.24) is 24.7 Å². The van der Waals surface area contributed by atoms with E-state index in [0.717, 1.165) is 41.2 Å². The highest BCUT2D eigenvalue weighted by Gasteiger charge is 2.14. The first-order chi connectivity index (χ1) is 12.9. The molecule has 1 aliphatic rings. The Kier molecular flexibility index (Phi) is 5.44. The predicted octanol–water partition coefficient (Wildman–Crippen LogP) is 3.70. The van der Waals surface area contributed by atoms with Crippen LogP contribution in [0.5, 0.6) is 0 Å². The fourth-order valence-electron chi connectivity index (χ4n) is 3.08. The number of fused-ring (bicyclic) bond motifs is 1. The van der Waals surface area contributed by atoms with Gasteiger partial charge in [0.15, 0.2) is 5.82 Å². The van der Waals surface area contributed by atoms with Gasteiger partial charge in [0.2, 0.25) is 0 Å². The Bertz CT molecular complexity index is 848. The first-order valence-electron chi connectivity index (χ1n) is 9.02. The van der Waals surface area contributed by atoms with E-state index in [-0.39, 0.29) is 0 Å². The molecule has 1 aliphatic heterocycles. The molecule has 0 radical (unpaired) electrons. The van der Waals surface area contributed by atoms with Crippen molar-refractivity contribution in [1.29, 1.82) is 0 Å². The normalized spacial score (nSPS) is 13.8. The lowest BCUT2D eigenvalue weighted by Gasteiger charge is -2.09. The maximum Gasteiger partial charge on any atom is 0.152 e. The number of hydrogen-bond acceptors (Lipinski definition) is 6. The molecule has 0 saturated carbocycles. The van der Waals surface area contributed by atoms with Gasteiger partial charge in [0.05, 0.1) is 18.9 Å². The molecule has 2 aromatic heterocycles. The van der Waals surface area contributed by atoms with Gasteiger partial charge in [-0.15, -0.1) is 22.0 Å². The molecule has 0 unspecified atom stereocenters. The van der Waals surface area contributed by atoms with Crippen LogP contribution in [-0.4, -0.2) is 24.7 Å². The summed E-state index contributed by atoms with van der Waals surface area (Å²) < 4.78 is 2.25. The van der Waals surface area contributed by atoms with Gasteiger partial charge >= 0.3 is 0 Å². The number of anilines is 1. The monoisotopic (exact) mass is 366 g/mol. The van der Waals surface area contributed by atoms with E-state index in [1.54, 1.807) is 18.0 Å². The van der Waals surface area contributed by atoms with Gasteiger partial charge in [-0.2, -0.15) is 0 Å². The molecule has 26 heavy (non-hydrogen) atoms. The highest BCUT2D eigenvalue weighted by atomic mass is 32.2. The number of benzene rings is 1. The fourth-order valence-corrected chi connectivity index (χ4v) is 3.89. The number of aromatic nitrogens is 5. The maximum absolute atomic E-state index is 4.65. The first kappa shape index (κ1) is 17.0. The van der Waals surface area contributed by atoms with Crippen LogP contribution in [0.1, 0.15) is 36.5 Å². The van der Waals surface area contributed by atoms with Crippen molar-refractivity contribution >= 4 is 17.6 Å². The van der Waals surface area contributed by atoms with Crippen LogP contribution >= 0.6 is 11.8 Å². The highest BCUT2D eigenvalue weighted by molar-refractivity contribution is 7.98. The summed E-state index contributed by atoms with van der Waals surface area (Å²) in [6.45, 7) is 1.63. The molecule has 0 amide bonds. The minimum absolute atomic E-state index is 0.620. The minimum Gasteiger partial charge on any atom is -0.361 e. The molecular weight excluding hydrogens is 344 g/mol. The summed E-state index contributed by atoms with van der Waals surface area (Å²) in [5.41, 5.74) is 1.28. The largest absolute Gasteiger partial charge is 0.361 e. The number of aryl methyl sites for hydroxylation is 1. The second-order valence-corrected chi connectivity index (χ2v) is 7.36. The Morgan fingerprint density at radius 2 is 1.96 bits per heavy atom. The van der Waals surface area contributed by atoms with Gasteiger partial charge in [0.25, 0.3) is 0 Å². The van der Waals surface area contributed by atoms with Gasteiger partial charge in [0.1, 0.15) is 16.7 Å². The second-order valence-electron chi connectivity index (χ2n) is 6.37. The number of thioether (sulfide) groups is 1. The van der Waals surface area contributed by atoms with Crippen molar-refractivity contribution in [2.24, 2.45) is 0 Å². The Balaban J connectivity index is 1.37. The van der Waals surface area contributed by atoms with Crippen LogP contribution in [-0.2, 0) is 25.3 Å². The van der Waals surface area contributed by atoms with E-state index in [2.05, 4.69) is 54.3 Å². The number of rotatable bonds is 6. The van der Waals surface area contributed by atoms with Crippen molar-refractivity contribution in [3.05, 3.63) is 59.9 Å². The Labute approximate surface area is 157 Å². The van der Waals surface area contributed by atoms with Crippen molar-refractivity contribution < 1.29 is 0 Å². The molecule has 0 atom stereocenters. The quantitative estimate of drug-likeness (QED) is 0.671. The Hall–Kier alpha value is -2.41. The third kappa shape index (κ3) is 4.22. The van der Waals surface area contributed by atoms with Crippen molar-refractivity contribution in [2.45, 2.75) is 49.6 Å². The van der Waals surface area contributed by atoms with E-state index < -0.39 is 0 Å². The molecule has 0 spiro atoms. The third-order valence-electron chi connectivity index (χ3n) is 4.46. The van der Waals surface area contributed by atoms with Gasteiger partial charge in [-0.3, -0.25) is 4.98 Å². The lowest BCUT2D eigenvalue weighted by Crippen LogP contribution is -2.11. The summed E-state index contributed by atoms with van der Waals surface area (Å²) in [6, 6.07) is 10.4. The zero-order valence-electron chi connectivity index (χ0n) is 14.6. The van der Waals surface area contributed by atoms with Gasteiger partial charge < -0.3 is 9.88 Å². The van der Waals surface area contributed by atoms with Crippen LogP contribution in [0.25, 0.3) is 0 Å². The summed E-state index contributed by atoms with van der Waals surface area (Å²) >= 11 is 1.69. The number of nitrogens with zero attached hydrogens (tertiary/aromatic N) is 5. The second kappa shape index (κ2) is 8.31. The minimum atomic E-state index is 0.620. The molecule has 0 fully saturated rings. The average molecular weight is 366 g/mol. The summed E-state index contributed by atoms with van der Waals surface area (Å²) in [4.78, 5) is 8.96. The van der Waals surface area contributed by atoms with Crippen LogP contribution in [0.3, 0.4) is 0 Å². The van der Waals surface area contributed by atoms with Crippen molar-refractivity contribution in [2.75, 3.05) is 5.32 Å².